The zero-order valence-electron chi connectivity index (χ0n) is 13.3. The first-order chi connectivity index (χ1) is 11.3. The Hall–Kier alpha value is -2.29. The fourth-order valence-electron chi connectivity index (χ4n) is 3.11. The maximum Gasteiger partial charge on any atom is 0.407 e. The van der Waals surface area contributed by atoms with Crippen LogP contribution in [0, 0.1) is 5.92 Å². The lowest BCUT2D eigenvalue weighted by Crippen LogP contribution is -2.30. The van der Waals surface area contributed by atoms with Gasteiger partial charge in [0, 0.05) is 6.54 Å². The fraction of sp³-hybridized carbons (Fsp3) is 0.350. The number of hydrogen-bond donors (Lipinski definition) is 1. The van der Waals surface area contributed by atoms with Crippen LogP contribution in [0.3, 0.4) is 0 Å². The Labute approximate surface area is 137 Å². The lowest BCUT2D eigenvalue weighted by molar-refractivity contribution is 0.137. The van der Waals surface area contributed by atoms with Crippen molar-refractivity contribution in [3.63, 3.8) is 0 Å². The molecule has 0 fully saturated rings. The van der Waals surface area contributed by atoms with Crippen LogP contribution in [0.1, 0.15) is 29.5 Å². The summed E-state index contributed by atoms with van der Waals surface area (Å²) in [5.74, 6) is 0.520. The van der Waals surface area contributed by atoms with E-state index in [1.807, 2.05) is 30.3 Å². The molecule has 0 unspecified atom stereocenters. The van der Waals surface area contributed by atoms with E-state index in [2.05, 4.69) is 29.6 Å². The zero-order chi connectivity index (χ0) is 15.9. The van der Waals surface area contributed by atoms with E-state index in [0.29, 0.717) is 19.1 Å². The average molecular weight is 309 g/mol. The predicted octanol–water partition coefficient (Wildman–Crippen LogP) is 4.11. The molecule has 1 aliphatic carbocycles. The fourth-order valence-corrected chi connectivity index (χ4v) is 3.11. The van der Waals surface area contributed by atoms with E-state index >= 15 is 0 Å². The first-order valence-corrected chi connectivity index (χ1v) is 8.32. The van der Waals surface area contributed by atoms with E-state index in [1.54, 1.807) is 0 Å². The second kappa shape index (κ2) is 7.82. The van der Waals surface area contributed by atoms with Crippen LogP contribution in [0.4, 0.5) is 4.79 Å². The van der Waals surface area contributed by atoms with Gasteiger partial charge < -0.3 is 10.1 Å². The molecule has 3 nitrogen and oxygen atoms in total. The molecule has 120 valence electrons. The maximum atomic E-state index is 11.8. The third-order valence-electron chi connectivity index (χ3n) is 4.51. The Bertz CT molecular complexity index is 612. The van der Waals surface area contributed by atoms with Crippen LogP contribution >= 0.6 is 0 Å². The normalized spacial score (nSPS) is 14.6. The van der Waals surface area contributed by atoms with Crippen molar-refractivity contribution in [1.29, 1.82) is 0 Å². The minimum atomic E-state index is -0.324. The van der Waals surface area contributed by atoms with Crippen LogP contribution in [-0.2, 0) is 24.2 Å². The number of carbonyl (C=O) groups excluding carboxylic acids is 1. The topological polar surface area (TPSA) is 38.3 Å². The molecule has 0 heterocycles. The van der Waals surface area contributed by atoms with Gasteiger partial charge in [-0.15, -0.1) is 0 Å². The number of nitrogens with one attached hydrogen (secondary N) is 1. The van der Waals surface area contributed by atoms with Crippen molar-refractivity contribution in [1.82, 2.24) is 5.32 Å². The number of ether oxygens (including phenoxy) is 1. The van der Waals surface area contributed by atoms with Crippen LogP contribution < -0.4 is 5.32 Å². The summed E-state index contributed by atoms with van der Waals surface area (Å²) < 4.78 is 5.26. The second-order valence-electron chi connectivity index (χ2n) is 6.15. The molecule has 1 aliphatic rings. The molecular formula is C20H23NO2. The lowest BCUT2D eigenvalue weighted by atomic mass is 10.00. The molecule has 0 atom stereocenters. The summed E-state index contributed by atoms with van der Waals surface area (Å²) in [6.07, 6.45) is 4.12. The van der Waals surface area contributed by atoms with Gasteiger partial charge in [-0.25, -0.2) is 4.79 Å². The summed E-state index contributed by atoms with van der Waals surface area (Å²) >= 11 is 0. The standard InChI is InChI=1S/C20H23NO2/c22-20(23-15-17-6-2-1-3-7-17)21-14-16-10-12-18-8-4-5-9-19(18)13-11-16/h1-9,16H,10-15H2,(H,21,22). The van der Waals surface area contributed by atoms with Crippen LogP contribution in [0.5, 0.6) is 0 Å². The van der Waals surface area contributed by atoms with Gasteiger partial charge in [-0.2, -0.15) is 0 Å². The third-order valence-corrected chi connectivity index (χ3v) is 4.51. The predicted molar refractivity (Wildman–Crippen MR) is 91.2 cm³/mol. The first kappa shape index (κ1) is 15.6. The Morgan fingerprint density at radius 3 is 2.22 bits per heavy atom. The number of rotatable bonds is 4. The molecule has 1 amide bonds. The van der Waals surface area contributed by atoms with E-state index in [1.165, 1.54) is 11.1 Å². The molecule has 3 rings (SSSR count). The minimum Gasteiger partial charge on any atom is -0.445 e. The number of carbonyl (C=O) groups is 1. The maximum absolute atomic E-state index is 11.8. The van der Waals surface area contributed by atoms with Gasteiger partial charge in [-0.3, -0.25) is 0 Å². The summed E-state index contributed by atoms with van der Waals surface area (Å²) in [7, 11) is 0. The molecule has 0 saturated carbocycles. The molecule has 0 aromatic heterocycles. The number of hydrogen-bond acceptors (Lipinski definition) is 2. The molecule has 2 aromatic carbocycles. The van der Waals surface area contributed by atoms with Gasteiger partial charge in [-0.1, -0.05) is 54.6 Å². The number of fused-ring (bicyclic) bond motifs is 1. The Kier molecular flexibility index (Phi) is 5.30. The van der Waals surface area contributed by atoms with Crippen molar-refractivity contribution in [3.05, 3.63) is 71.3 Å². The summed E-state index contributed by atoms with van der Waals surface area (Å²) in [4.78, 5) is 11.8. The quantitative estimate of drug-likeness (QED) is 0.863. The van der Waals surface area contributed by atoms with Crippen molar-refractivity contribution in [3.8, 4) is 0 Å². The number of benzene rings is 2. The molecule has 2 aromatic rings. The Morgan fingerprint density at radius 2 is 1.57 bits per heavy atom. The highest BCUT2D eigenvalue weighted by Gasteiger charge is 2.16. The SMILES string of the molecule is O=C(NCC1CCc2ccccc2CC1)OCc1ccccc1. The summed E-state index contributed by atoms with van der Waals surface area (Å²) in [5, 5.41) is 2.92. The van der Waals surface area contributed by atoms with Gasteiger partial charge in [0.05, 0.1) is 0 Å². The Balaban J connectivity index is 1.41. The largest absolute Gasteiger partial charge is 0.445 e. The zero-order valence-corrected chi connectivity index (χ0v) is 13.3. The molecular weight excluding hydrogens is 286 g/mol. The van der Waals surface area contributed by atoms with Crippen molar-refractivity contribution >= 4 is 6.09 Å². The summed E-state index contributed by atoms with van der Waals surface area (Å²) in [6.45, 7) is 1.02. The van der Waals surface area contributed by atoms with Crippen LogP contribution in [-0.4, -0.2) is 12.6 Å². The number of amides is 1. The highest BCUT2D eigenvalue weighted by molar-refractivity contribution is 5.67. The van der Waals surface area contributed by atoms with Crippen molar-refractivity contribution in [2.75, 3.05) is 6.54 Å². The minimum absolute atomic E-state index is 0.322. The molecule has 23 heavy (non-hydrogen) atoms. The van der Waals surface area contributed by atoms with Crippen LogP contribution in [0.2, 0.25) is 0 Å². The van der Waals surface area contributed by atoms with E-state index in [4.69, 9.17) is 4.74 Å². The highest BCUT2D eigenvalue weighted by Crippen LogP contribution is 2.24. The summed E-state index contributed by atoms with van der Waals surface area (Å²) in [6, 6.07) is 18.4. The Morgan fingerprint density at radius 1 is 0.957 bits per heavy atom. The van der Waals surface area contributed by atoms with Crippen LogP contribution in [0.15, 0.2) is 54.6 Å². The van der Waals surface area contributed by atoms with Gasteiger partial charge in [-0.05, 0) is 48.3 Å². The molecule has 1 N–H and O–H groups in total. The molecule has 0 radical (unpaired) electrons. The van der Waals surface area contributed by atoms with E-state index in [9.17, 15) is 4.79 Å². The number of alkyl carbamates (subject to hydrolysis) is 1. The molecule has 0 spiro atoms. The van der Waals surface area contributed by atoms with E-state index in [-0.39, 0.29) is 6.09 Å². The third kappa shape index (κ3) is 4.59. The van der Waals surface area contributed by atoms with Gasteiger partial charge in [0.1, 0.15) is 6.61 Å². The lowest BCUT2D eigenvalue weighted by Gasteiger charge is -2.14. The number of aryl methyl sites for hydroxylation is 2. The van der Waals surface area contributed by atoms with Gasteiger partial charge >= 0.3 is 6.09 Å². The van der Waals surface area contributed by atoms with E-state index in [0.717, 1.165) is 31.2 Å². The first-order valence-electron chi connectivity index (χ1n) is 8.32. The molecule has 0 saturated heterocycles. The van der Waals surface area contributed by atoms with Crippen molar-refractivity contribution < 1.29 is 9.53 Å². The van der Waals surface area contributed by atoms with Crippen molar-refractivity contribution in [2.45, 2.75) is 32.3 Å². The monoisotopic (exact) mass is 309 g/mol. The second-order valence-corrected chi connectivity index (χ2v) is 6.15. The summed E-state index contributed by atoms with van der Waals surface area (Å²) in [5.41, 5.74) is 3.93. The smallest absolute Gasteiger partial charge is 0.407 e. The molecule has 0 bridgehead atoms. The highest BCUT2D eigenvalue weighted by atomic mass is 16.5. The van der Waals surface area contributed by atoms with Gasteiger partial charge in [0.2, 0.25) is 0 Å². The van der Waals surface area contributed by atoms with Gasteiger partial charge in [0.15, 0.2) is 0 Å². The molecule has 0 aliphatic heterocycles. The van der Waals surface area contributed by atoms with Crippen LogP contribution in [0.25, 0.3) is 0 Å². The van der Waals surface area contributed by atoms with Gasteiger partial charge in [0.25, 0.3) is 0 Å². The molecule has 3 heteroatoms. The van der Waals surface area contributed by atoms with E-state index < -0.39 is 0 Å². The van der Waals surface area contributed by atoms with Crippen molar-refractivity contribution in [2.24, 2.45) is 5.92 Å². The average Bonchev–Trinajstić information content (AvgIpc) is 2.81.